The molecule has 2 nitrogen and oxygen atoms in total. The van der Waals surface area contributed by atoms with Crippen molar-refractivity contribution in [1.29, 1.82) is 0 Å². The van der Waals surface area contributed by atoms with Gasteiger partial charge in [0, 0.05) is 5.56 Å². The van der Waals surface area contributed by atoms with Crippen LogP contribution in [0.15, 0.2) is 12.1 Å². The molecular weight excluding hydrogens is 176 g/mol. The zero-order valence-electron chi connectivity index (χ0n) is 9.51. The van der Waals surface area contributed by atoms with E-state index in [2.05, 4.69) is 20.8 Å². The summed E-state index contributed by atoms with van der Waals surface area (Å²) in [5.41, 5.74) is 1.95. The maximum atomic E-state index is 9.63. The monoisotopic (exact) mass is 194 g/mol. The van der Waals surface area contributed by atoms with Gasteiger partial charge in [-0.1, -0.05) is 20.8 Å². The first-order valence-corrected chi connectivity index (χ1v) is 4.75. The van der Waals surface area contributed by atoms with Crippen LogP contribution < -0.4 is 4.74 Å². The lowest BCUT2D eigenvalue weighted by atomic mass is 9.83. The minimum Gasteiger partial charge on any atom is -0.508 e. The highest BCUT2D eigenvalue weighted by Crippen LogP contribution is 2.37. The molecule has 1 aromatic rings. The highest BCUT2D eigenvalue weighted by atomic mass is 16.5. The van der Waals surface area contributed by atoms with Gasteiger partial charge in [0.05, 0.1) is 7.11 Å². The summed E-state index contributed by atoms with van der Waals surface area (Å²) in [4.78, 5) is 0. The van der Waals surface area contributed by atoms with Crippen molar-refractivity contribution in [3.63, 3.8) is 0 Å². The number of aromatic hydroxyl groups is 1. The van der Waals surface area contributed by atoms with Crippen LogP contribution in [0.3, 0.4) is 0 Å². The third-order valence-corrected chi connectivity index (χ3v) is 2.37. The molecule has 0 spiro atoms. The number of phenols is 1. The van der Waals surface area contributed by atoms with Crippen molar-refractivity contribution in [3.05, 3.63) is 23.3 Å². The summed E-state index contributed by atoms with van der Waals surface area (Å²) >= 11 is 0. The topological polar surface area (TPSA) is 29.5 Å². The highest BCUT2D eigenvalue weighted by molar-refractivity contribution is 5.50. The minimum atomic E-state index is -0.0197. The Kier molecular flexibility index (Phi) is 2.74. The van der Waals surface area contributed by atoms with Crippen LogP contribution in [0.1, 0.15) is 31.9 Å². The molecular formula is C12H18O2. The van der Waals surface area contributed by atoms with Gasteiger partial charge in [0.1, 0.15) is 11.5 Å². The largest absolute Gasteiger partial charge is 0.508 e. The van der Waals surface area contributed by atoms with E-state index >= 15 is 0 Å². The number of ether oxygens (including phenoxy) is 1. The van der Waals surface area contributed by atoms with Crippen LogP contribution in [-0.2, 0) is 5.41 Å². The molecule has 0 aromatic heterocycles. The molecule has 1 aromatic carbocycles. The number of hydrogen-bond acceptors (Lipinski definition) is 2. The SMILES string of the molecule is COc1ccc(O)c(C)c1C(C)(C)C. The number of benzene rings is 1. The van der Waals surface area contributed by atoms with E-state index in [9.17, 15) is 5.11 Å². The fraction of sp³-hybridized carbons (Fsp3) is 0.500. The molecule has 1 rings (SSSR count). The summed E-state index contributed by atoms with van der Waals surface area (Å²) in [6, 6.07) is 3.48. The minimum absolute atomic E-state index is 0.0197. The van der Waals surface area contributed by atoms with Crippen molar-refractivity contribution in [2.45, 2.75) is 33.1 Å². The second kappa shape index (κ2) is 3.52. The van der Waals surface area contributed by atoms with Gasteiger partial charge in [0.2, 0.25) is 0 Å². The lowest BCUT2D eigenvalue weighted by molar-refractivity contribution is 0.392. The first-order valence-electron chi connectivity index (χ1n) is 4.75. The quantitative estimate of drug-likeness (QED) is 0.744. The molecule has 2 heteroatoms. The summed E-state index contributed by atoms with van der Waals surface area (Å²) in [6.45, 7) is 8.24. The standard InChI is InChI=1S/C12H18O2/c1-8-9(13)6-7-10(14-5)11(8)12(2,3)4/h6-7,13H,1-5H3. The average molecular weight is 194 g/mol. The maximum Gasteiger partial charge on any atom is 0.123 e. The molecule has 0 amide bonds. The molecule has 0 radical (unpaired) electrons. The van der Waals surface area contributed by atoms with Crippen molar-refractivity contribution in [2.75, 3.05) is 7.11 Å². The Morgan fingerprint density at radius 1 is 1.21 bits per heavy atom. The van der Waals surface area contributed by atoms with Gasteiger partial charge >= 0.3 is 0 Å². The van der Waals surface area contributed by atoms with E-state index in [0.29, 0.717) is 5.75 Å². The Balaban J connectivity index is 3.44. The molecule has 0 unspecified atom stereocenters. The van der Waals surface area contributed by atoms with E-state index in [1.165, 1.54) is 0 Å². The predicted molar refractivity (Wildman–Crippen MR) is 58.1 cm³/mol. The van der Waals surface area contributed by atoms with Crippen LogP contribution in [0.2, 0.25) is 0 Å². The van der Waals surface area contributed by atoms with E-state index < -0.39 is 0 Å². The maximum absolute atomic E-state index is 9.63. The van der Waals surface area contributed by atoms with Crippen molar-refractivity contribution < 1.29 is 9.84 Å². The van der Waals surface area contributed by atoms with E-state index in [-0.39, 0.29) is 5.41 Å². The van der Waals surface area contributed by atoms with Crippen LogP contribution >= 0.6 is 0 Å². The second-order valence-electron chi connectivity index (χ2n) is 4.54. The third kappa shape index (κ3) is 1.84. The van der Waals surface area contributed by atoms with Crippen LogP contribution in [0.5, 0.6) is 11.5 Å². The van der Waals surface area contributed by atoms with Gasteiger partial charge in [-0.05, 0) is 30.0 Å². The number of hydrogen-bond donors (Lipinski definition) is 1. The predicted octanol–water partition coefficient (Wildman–Crippen LogP) is 3.01. The zero-order chi connectivity index (χ0) is 10.9. The number of phenolic OH excluding ortho intramolecular Hbond substituents is 1. The van der Waals surface area contributed by atoms with Crippen LogP contribution in [0, 0.1) is 6.92 Å². The second-order valence-corrected chi connectivity index (χ2v) is 4.54. The average Bonchev–Trinajstić information content (AvgIpc) is 2.07. The lowest BCUT2D eigenvalue weighted by Gasteiger charge is -2.24. The van der Waals surface area contributed by atoms with Gasteiger partial charge in [0.25, 0.3) is 0 Å². The Labute approximate surface area is 85.5 Å². The Bertz CT molecular complexity index is 335. The van der Waals surface area contributed by atoms with Crippen LogP contribution in [-0.4, -0.2) is 12.2 Å². The van der Waals surface area contributed by atoms with E-state index in [1.54, 1.807) is 13.2 Å². The Morgan fingerprint density at radius 2 is 1.79 bits per heavy atom. The third-order valence-electron chi connectivity index (χ3n) is 2.37. The summed E-state index contributed by atoms with van der Waals surface area (Å²) in [5, 5.41) is 9.63. The molecule has 0 aliphatic heterocycles. The molecule has 0 heterocycles. The molecule has 0 aliphatic rings. The number of rotatable bonds is 1. The fourth-order valence-corrected chi connectivity index (χ4v) is 1.78. The van der Waals surface area contributed by atoms with Crippen molar-refractivity contribution in [3.8, 4) is 11.5 Å². The van der Waals surface area contributed by atoms with Crippen LogP contribution in [0.25, 0.3) is 0 Å². The molecule has 0 fully saturated rings. The number of methoxy groups -OCH3 is 1. The van der Waals surface area contributed by atoms with E-state index in [4.69, 9.17) is 4.74 Å². The van der Waals surface area contributed by atoms with Gasteiger partial charge in [-0.3, -0.25) is 0 Å². The van der Waals surface area contributed by atoms with Gasteiger partial charge in [-0.2, -0.15) is 0 Å². The molecule has 0 aliphatic carbocycles. The van der Waals surface area contributed by atoms with Gasteiger partial charge in [-0.25, -0.2) is 0 Å². The van der Waals surface area contributed by atoms with E-state index in [1.807, 2.05) is 13.0 Å². The highest BCUT2D eigenvalue weighted by Gasteiger charge is 2.22. The fourth-order valence-electron chi connectivity index (χ4n) is 1.78. The Morgan fingerprint density at radius 3 is 2.21 bits per heavy atom. The summed E-state index contributed by atoms with van der Waals surface area (Å²) in [6.07, 6.45) is 0. The first-order chi connectivity index (χ1) is 6.38. The summed E-state index contributed by atoms with van der Waals surface area (Å²) in [7, 11) is 1.65. The van der Waals surface area contributed by atoms with Crippen molar-refractivity contribution in [2.24, 2.45) is 0 Å². The van der Waals surface area contributed by atoms with Gasteiger partial charge < -0.3 is 9.84 Å². The molecule has 0 bridgehead atoms. The van der Waals surface area contributed by atoms with Gasteiger partial charge in [0.15, 0.2) is 0 Å². The summed E-state index contributed by atoms with van der Waals surface area (Å²) < 4.78 is 5.30. The molecule has 0 saturated heterocycles. The molecule has 0 atom stereocenters. The summed E-state index contributed by atoms with van der Waals surface area (Å²) in [5.74, 6) is 1.17. The van der Waals surface area contributed by atoms with Crippen LogP contribution in [0.4, 0.5) is 0 Å². The zero-order valence-corrected chi connectivity index (χ0v) is 9.51. The van der Waals surface area contributed by atoms with E-state index in [0.717, 1.165) is 16.9 Å². The smallest absolute Gasteiger partial charge is 0.123 e. The molecule has 1 N–H and O–H groups in total. The lowest BCUT2D eigenvalue weighted by Crippen LogP contribution is -2.14. The molecule has 78 valence electrons. The molecule has 14 heavy (non-hydrogen) atoms. The van der Waals surface area contributed by atoms with Gasteiger partial charge in [-0.15, -0.1) is 0 Å². The molecule has 0 saturated carbocycles. The first kappa shape index (κ1) is 10.9. The normalized spacial score (nSPS) is 11.5. The van der Waals surface area contributed by atoms with Crippen molar-refractivity contribution in [1.82, 2.24) is 0 Å². The van der Waals surface area contributed by atoms with Crippen molar-refractivity contribution >= 4 is 0 Å². The Hall–Kier alpha value is -1.18.